The Hall–Kier alpha value is -2.73. The first-order valence-electron chi connectivity index (χ1n) is 9.53. The van der Waals surface area contributed by atoms with Crippen molar-refractivity contribution in [2.24, 2.45) is 0 Å². The van der Waals surface area contributed by atoms with Crippen LogP contribution in [0, 0.1) is 0 Å². The Bertz CT molecular complexity index is 1060. The first kappa shape index (κ1) is 22.9. The van der Waals surface area contributed by atoms with E-state index in [4.69, 9.17) is 34.8 Å². The maximum atomic E-state index is 12.2. The molecule has 8 heteroatoms. The largest absolute Gasteiger partial charge is 0.376 e. The molecule has 3 N–H and O–H groups in total. The molecule has 3 aromatic rings. The molecular formula is C23H20Cl3N3O2. The van der Waals surface area contributed by atoms with Gasteiger partial charge in [-0.15, -0.1) is 0 Å². The Morgan fingerprint density at radius 2 is 1.35 bits per heavy atom. The second-order valence-corrected chi connectivity index (χ2v) is 7.98. The van der Waals surface area contributed by atoms with Crippen LogP contribution in [0.2, 0.25) is 15.1 Å². The first-order chi connectivity index (χ1) is 14.9. The highest BCUT2D eigenvalue weighted by atomic mass is 35.5. The topological polar surface area (TPSA) is 70.2 Å². The highest BCUT2D eigenvalue weighted by Gasteiger charge is 2.10. The Morgan fingerprint density at radius 3 is 2.06 bits per heavy atom. The molecule has 0 radical (unpaired) electrons. The van der Waals surface area contributed by atoms with Crippen molar-refractivity contribution in [1.29, 1.82) is 0 Å². The van der Waals surface area contributed by atoms with Gasteiger partial charge in [0.05, 0.1) is 27.3 Å². The summed E-state index contributed by atoms with van der Waals surface area (Å²) < 4.78 is 0. The fourth-order valence-electron chi connectivity index (χ4n) is 2.79. The standard InChI is InChI=1S/C23H20Cl3N3O2/c24-18-12-20(26)21(13-19(18)25)29-23(31)14-27-16-7-9-17(10-8-16)28-22(30)11-6-15-4-2-1-3-5-15/h1-5,7-10,12-13,27H,6,11,14H2,(H,28,30)(H,29,31). The molecule has 0 unspecified atom stereocenters. The third-order valence-electron chi connectivity index (χ3n) is 4.39. The molecule has 0 aliphatic heterocycles. The Labute approximate surface area is 195 Å². The van der Waals surface area contributed by atoms with E-state index in [1.54, 1.807) is 24.3 Å². The summed E-state index contributed by atoms with van der Waals surface area (Å²) in [6, 6.07) is 20.0. The predicted octanol–water partition coefficient (Wildman–Crippen LogP) is 6.27. The van der Waals surface area contributed by atoms with Crippen LogP contribution in [0.15, 0.2) is 66.7 Å². The number of benzene rings is 3. The van der Waals surface area contributed by atoms with Gasteiger partial charge in [0.15, 0.2) is 0 Å². The molecule has 31 heavy (non-hydrogen) atoms. The number of carbonyl (C=O) groups is 2. The van der Waals surface area contributed by atoms with Crippen molar-refractivity contribution in [3.05, 3.63) is 87.4 Å². The van der Waals surface area contributed by atoms with Gasteiger partial charge in [0.1, 0.15) is 0 Å². The number of amides is 2. The van der Waals surface area contributed by atoms with Crippen LogP contribution in [-0.2, 0) is 16.0 Å². The maximum absolute atomic E-state index is 12.2. The molecular weight excluding hydrogens is 457 g/mol. The van der Waals surface area contributed by atoms with Crippen LogP contribution in [0.3, 0.4) is 0 Å². The zero-order valence-electron chi connectivity index (χ0n) is 16.4. The van der Waals surface area contributed by atoms with Gasteiger partial charge in [-0.2, -0.15) is 0 Å². The summed E-state index contributed by atoms with van der Waals surface area (Å²) in [5, 5.41) is 9.48. The van der Waals surface area contributed by atoms with Crippen LogP contribution >= 0.6 is 34.8 Å². The molecule has 0 saturated heterocycles. The average Bonchev–Trinajstić information content (AvgIpc) is 2.76. The van der Waals surface area contributed by atoms with Gasteiger partial charge in [-0.1, -0.05) is 65.1 Å². The molecule has 0 bridgehead atoms. The minimum atomic E-state index is -0.293. The van der Waals surface area contributed by atoms with E-state index in [0.717, 1.165) is 11.3 Å². The van der Waals surface area contributed by atoms with Crippen molar-refractivity contribution >= 4 is 63.7 Å². The number of anilines is 3. The predicted molar refractivity (Wildman–Crippen MR) is 128 cm³/mol. The fraction of sp³-hybridized carbons (Fsp3) is 0.130. The number of hydrogen-bond donors (Lipinski definition) is 3. The summed E-state index contributed by atoms with van der Waals surface area (Å²) in [6.45, 7) is 0.0271. The smallest absolute Gasteiger partial charge is 0.243 e. The van der Waals surface area contributed by atoms with Crippen LogP contribution in [-0.4, -0.2) is 18.4 Å². The first-order valence-corrected chi connectivity index (χ1v) is 10.7. The molecule has 0 aliphatic rings. The number of nitrogens with one attached hydrogen (secondary N) is 3. The van der Waals surface area contributed by atoms with Crippen molar-refractivity contribution in [2.45, 2.75) is 12.8 Å². The average molecular weight is 477 g/mol. The van der Waals surface area contributed by atoms with Crippen molar-refractivity contribution in [3.8, 4) is 0 Å². The molecule has 160 valence electrons. The Balaban J connectivity index is 1.45. The van der Waals surface area contributed by atoms with Gasteiger partial charge in [0, 0.05) is 17.8 Å². The van der Waals surface area contributed by atoms with Crippen LogP contribution in [0.5, 0.6) is 0 Å². The van der Waals surface area contributed by atoms with Gasteiger partial charge in [-0.05, 0) is 48.4 Å². The van der Waals surface area contributed by atoms with Crippen molar-refractivity contribution < 1.29 is 9.59 Å². The van der Waals surface area contributed by atoms with Gasteiger partial charge in [-0.3, -0.25) is 9.59 Å². The highest BCUT2D eigenvalue weighted by Crippen LogP contribution is 2.32. The van der Waals surface area contributed by atoms with Gasteiger partial charge in [-0.25, -0.2) is 0 Å². The van der Waals surface area contributed by atoms with Crippen molar-refractivity contribution in [3.63, 3.8) is 0 Å². The lowest BCUT2D eigenvalue weighted by atomic mass is 10.1. The van der Waals surface area contributed by atoms with Gasteiger partial charge in [0.25, 0.3) is 0 Å². The van der Waals surface area contributed by atoms with E-state index in [2.05, 4.69) is 16.0 Å². The second-order valence-electron chi connectivity index (χ2n) is 6.76. The quantitative estimate of drug-likeness (QED) is 0.336. The maximum Gasteiger partial charge on any atom is 0.243 e. The normalized spacial score (nSPS) is 10.4. The zero-order chi connectivity index (χ0) is 22.2. The summed E-state index contributed by atoms with van der Waals surface area (Å²) >= 11 is 17.9. The molecule has 0 atom stereocenters. The third kappa shape index (κ3) is 7.17. The lowest BCUT2D eigenvalue weighted by Crippen LogP contribution is -2.22. The molecule has 3 aromatic carbocycles. The van der Waals surface area contributed by atoms with Gasteiger partial charge in [0.2, 0.25) is 11.8 Å². The number of rotatable bonds is 8. The second kappa shape index (κ2) is 11.0. The van der Waals surface area contributed by atoms with Crippen molar-refractivity contribution in [1.82, 2.24) is 0 Å². The molecule has 0 aromatic heterocycles. The number of halogens is 3. The van der Waals surface area contributed by atoms with E-state index in [0.29, 0.717) is 39.3 Å². The molecule has 0 saturated carbocycles. The molecule has 3 rings (SSSR count). The molecule has 2 amide bonds. The summed E-state index contributed by atoms with van der Waals surface area (Å²) in [4.78, 5) is 24.3. The lowest BCUT2D eigenvalue weighted by Gasteiger charge is -2.11. The molecule has 5 nitrogen and oxygen atoms in total. The van der Waals surface area contributed by atoms with Crippen LogP contribution in [0.4, 0.5) is 17.1 Å². The van der Waals surface area contributed by atoms with E-state index in [-0.39, 0.29) is 18.4 Å². The SMILES string of the molecule is O=C(CCc1ccccc1)Nc1ccc(NCC(=O)Nc2cc(Cl)c(Cl)cc2Cl)cc1. The minimum absolute atomic E-state index is 0.0271. The van der Waals surface area contributed by atoms with E-state index >= 15 is 0 Å². The van der Waals surface area contributed by atoms with Crippen LogP contribution in [0.25, 0.3) is 0 Å². The summed E-state index contributed by atoms with van der Waals surface area (Å²) in [6.07, 6.45) is 1.09. The highest BCUT2D eigenvalue weighted by molar-refractivity contribution is 6.44. The molecule has 0 heterocycles. The van der Waals surface area contributed by atoms with E-state index in [1.807, 2.05) is 30.3 Å². The van der Waals surface area contributed by atoms with Crippen LogP contribution in [0.1, 0.15) is 12.0 Å². The fourth-order valence-corrected chi connectivity index (χ4v) is 3.39. The monoisotopic (exact) mass is 475 g/mol. The number of aryl methyl sites for hydroxylation is 1. The summed E-state index contributed by atoms with van der Waals surface area (Å²) in [5.74, 6) is -0.346. The third-order valence-corrected chi connectivity index (χ3v) is 5.42. The molecule has 0 aliphatic carbocycles. The zero-order valence-corrected chi connectivity index (χ0v) is 18.7. The van der Waals surface area contributed by atoms with Gasteiger partial charge >= 0.3 is 0 Å². The van der Waals surface area contributed by atoms with E-state index in [9.17, 15) is 9.59 Å². The summed E-state index contributed by atoms with van der Waals surface area (Å²) in [5.41, 5.74) is 2.93. The number of hydrogen-bond acceptors (Lipinski definition) is 3. The molecule has 0 spiro atoms. The Morgan fingerprint density at radius 1 is 0.710 bits per heavy atom. The van der Waals surface area contributed by atoms with E-state index in [1.165, 1.54) is 12.1 Å². The van der Waals surface area contributed by atoms with Gasteiger partial charge < -0.3 is 16.0 Å². The lowest BCUT2D eigenvalue weighted by molar-refractivity contribution is -0.116. The van der Waals surface area contributed by atoms with Crippen LogP contribution < -0.4 is 16.0 Å². The summed E-state index contributed by atoms with van der Waals surface area (Å²) in [7, 11) is 0. The van der Waals surface area contributed by atoms with E-state index < -0.39 is 0 Å². The van der Waals surface area contributed by atoms with Crippen molar-refractivity contribution in [2.75, 3.05) is 22.5 Å². The Kier molecular flexibility index (Phi) is 8.18. The minimum Gasteiger partial charge on any atom is -0.376 e. The number of carbonyl (C=O) groups excluding carboxylic acids is 2. The molecule has 0 fully saturated rings.